The number of carbonyl (C=O) groups excluding carboxylic acids is 2. The summed E-state index contributed by atoms with van der Waals surface area (Å²) in [5.74, 6) is -1.81. The molecule has 2 aromatic rings. The van der Waals surface area contributed by atoms with Gasteiger partial charge in [0.25, 0.3) is 5.91 Å². The molecule has 174 valence electrons. The fraction of sp³-hybridized carbons (Fsp3) is 0.360. The van der Waals surface area contributed by atoms with Crippen LogP contribution in [0.2, 0.25) is 0 Å². The molecule has 0 atom stereocenters. The van der Waals surface area contributed by atoms with Crippen LogP contribution < -0.4 is 5.32 Å². The molecule has 3 amide bonds. The zero-order chi connectivity index (χ0) is 23.4. The van der Waals surface area contributed by atoms with Crippen LogP contribution in [0.3, 0.4) is 0 Å². The molecule has 0 aliphatic carbocycles. The monoisotopic (exact) mass is 457 g/mol. The van der Waals surface area contributed by atoms with Crippen LogP contribution in [0.4, 0.5) is 18.0 Å². The van der Waals surface area contributed by atoms with Crippen molar-refractivity contribution in [1.82, 2.24) is 15.1 Å². The number of nitrogens with one attached hydrogen (secondary N) is 1. The lowest BCUT2D eigenvalue weighted by molar-refractivity contribution is 0.0701. The molecule has 0 spiro atoms. The molecule has 0 unspecified atom stereocenters. The third kappa shape index (κ3) is 5.56. The van der Waals surface area contributed by atoms with Crippen molar-refractivity contribution in [2.75, 3.05) is 26.2 Å². The lowest BCUT2D eigenvalue weighted by Gasteiger charge is -2.35. The van der Waals surface area contributed by atoms with Crippen LogP contribution in [0, 0.1) is 17.5 Å². The normalized spacial score (nSPS) is 17.1. The third-order valence-electron chi connectivity index (χ3n) is 6.22. The molecular weight excluding hydrogens is 431 g/mol. The standard InChI is InChI=1S/C25H26F3N3O2/c26-19-5-6-22(27)18(16-19)15-17-7-11-31(12-8-17)25(33)29-20-9-13-30(14-10-20)24(32)21-3-1-2-4-23(21)28/h1-6,15-16,20H,7-14H2,(H,29,33). The highest BCUT2D eigenvalue weighted by atomic mass is 19.1. The molecule has 8 heteroatoms. The van der Waals surface area contributed by atoms with E-state index in [-0.39, 0.29) is 29.1 Å². The summed E-state index contributed by atoms with van der Waals surface area (Å²) in [5, 5.41) is 3.03. The summed E-state index contributed by atoms with van der Waals surface area (Å²) in [7, 11) is 0. The van der Waals surface area contributed by atoms with Gasteiger partial charge in [-0.05, 0) is 56.0 Å². The van der Waals surface area contributed by atoms with E-state index >= 15 is 0 Å². The maximum absolute atomic E-state index is 13.9. The van der Waals surface area contributed by atoms with Crippen molar-refractivity contribution in [3.63, 3.8) is 0 Å². The number of hydrogen-bond acceptors (Lipinski definition) is 2. The van der Waals surface area contributed by atoms with Gasteiger partial charge in [-0.25, -0.2) is 18.0 Å². The van der Waals surface area contributed by atoms with Gasteiger partial charge in [0.2, 0.25) is 0 Å². The first-order valence-corrected chi connectivity index (χ1v) is 11.1. The summed E-state index contributed by atoms with van der Waals surface area (Å²) in [6.07, 6.45) is 4.06. The fourth-order valence-corrected chi connectivity index (χ4v) is 4.28. The first kappa shape index (κ1) is 22.9. The Bertz CT molecular complexity index is 1050. The minimum absolute atomic E-state index is 0.0551. The smallest absolute Gasteiger partial charge is 0.317 e. The average Bonchev–Trinajstić information content (AvgIpc) is 2.82. The lowest BCUT2D eigenvalue weighted by atomic mass is 10.0. The highest BCUT2D eigenvalue weighted by Crippen LogP contribution is 2.22. The van der Waals surface area contributed by atoms with Crippen molar-refractivity contribution < 1.29 is 22.8 Å². The molecule has 2 saturated heterocycles. The number of piperidine rings is 2. The Balaban J connectivity index is 1.25. The number of halogens is 3. The molecule has 0 aromatic heterocycles. The summed E-state index contributed by atoms with van der Waals surface area (Å²) < 4.78 is 41.1. The van der Waals surface area contributed by atoms with Crippen molar-refractivity contribution >= 4 is 18.0 Å². The lowest BCUT2D eigenvalue weighted by Crippen LogP contribution is -2.51. The summed E-state index contributed by atoms with van der Waals surface area (Å²) in [5.41, 5.74) is 1.26. The van der Waals surface area contributed by atoms with E-state index in [0.29, 0.717) is 51.9 Å². The maximum Gasteiger partial charge on any atom is 0.317 e. The number of amides is 3. The maximum atomic E-state index is 13.9. The van der Waals surface area contributed by atoms with E-state index in [0.717, 1.165) is 17.7 Å². The molecule has 2 fully saturated rings. The van der Waals surface area contributed by atoms with E-state index in [1.54, 1.807) is 28.0 Å². The summed E-state index contributed by atoms with van der Waals surface area (Å²) in [4.78, 5) is 28.5. The fourth-order valence-electron chi connectivity index (χ4n) is 4.28. The van der Waals surface area contributed by atoms with Crippen LogP contribution in [-0.2, 0) is 0 Å². The van der Waals surface area contributed by atoms with Crippen molar-refractivity contribution in [2.24, 2.45) is 0 Å². The van der Waals surface area contributed by atoms with Crippen LogP contribution in [0.5, 0.6) is 0 Å². The number of nitrogens with zero attached hydrogens (tertiary/aromatic N) is 2. The van der Waals surface area contributed by atoms with Crippen LogP contribution in [0.25, 0.3) is 6.08 Å². The Kier molecular flexibility index (Phi) is 7.01. The summed E-state index contributed by atoms with van der Waals surface area (Å²) in [6.45, 7) is 1.90. The van der Waals surface area contributed by atoms with Gasteiger partial charge < -0.3 is 15.1 Å². The number of likely N-dealkylation sites (tertiary alicyclic amines) is 2. The number of rotatable bonds is 3. The number of benzene rings is 2. The second-order valence-electron chi connectivity index (χ2n) is 8.45. The number of carbonyl (C=O) groups is 2. The van der Waals surface area contributed by atoms with Gasteiger partial charge in [-0.1, -0.05) is 23.8 Å². The van der Waals surface area contributed by atoms with Gasteiger partial charge in [-0.15, -0.1) is 0 Å². The quantitative estimate of drug-likeness (QED) is 0.733. The highest BCUT2D eigenvalue weighted by molar-refractivity contribution is 5.94. The Morgan fingerprint density at radius 3 is 2.27 bits per heavy atom. The molecule has 0 bridgehead atoms. The molecule has 4 rings (SSSR count). The third-order valence-corrected chi connectivity index (χ3v) is 6.22. The Morgan fingerprint density at radius 1 is 0.879 bits per heavy atom. The SMILES string of the molecule is O=C(NC1CCN(C(=O)c2ccccc2F)CC1)N1CCC(=Cc2cc(F)ccc2F)CC1. The molecule has 0 radical (unpaired) electrons. The molecule has 2 aliphatic heterocycles. The minimum atomic E-state index is -0.531. The molecule has 0 saturated carbocycles. The van der Waals surface area contributed by atoms with Crippen molar-refractivity contribution in [3.05, 3.63) is 76.6 Å². The van der Waals surface area contributed by atoms with Crippen LogP contribution in [0.1, 0.15) is 41.6 Å². The van der Waals surface area contributed by atoms with E-state index in [9.17, 15) is 22.8 Å². The van der Waals surface area contributed by atoms with E-state index in [4.69, 9.17) is 0 Å². The largest absolute Gasteiger partial charge is 0.338 e. The zero-order valence-electron chi connectivity index (χ0n) is 18.2. The van der Waals surface area contributed by atoms with Gasteiger partial charge in [0.05, 0.1) is 5.56 Å². The van der Waals surface area contributed by atoms with Gasteiger partial charge >= 0.3 is 6.03 Å². The summed E-state index contributed by atoms with van der Waals surface area (Å²) >= 11 is 0. The highest BCUT2D eigenvalue weighted by Gasteiger charge is 2.27. The Labute approximate surface area is 190 Å². The van der Waals surface area contributed by atoms with Gasteiger partial charge in [0, 0.05) is 37.8 Å². The molecule has 1 N–H and O–H groups in total. The van der Waals surface area contributed by atoms with Crippen molar-refractivity contribution in [3.8, 4) is 0 Å². The van der Waals surface area contributed by atoms with Gasteiger partial charge in [0.15, 0.2) is 0 Å². The Morgan fingerprint density at radius 2 is 1.58 bits per heavy atom. The van der Waals surface area contributed by atoms with Crippen molar-refractivity contribution in [1.29, 1.82) is 0 Å². The zero-order valence-corrected chi connectivity index (χ0v) is 18.2. The van der Waals surface area contributed by atoms with E-state index < -0.39 is 17.5 Å². The number of urea groups is 1. The van der Waals surface area contributed by atoms with E-state index in [2.05, 4.69) is 5.32 Å². The topological polar surface area (TPSA) is 52.7 Å². The van der Waals surface area contributed by atoms with Crippen LogP contribution >= 0.6 is 0 Å². The predicted molar refractivity (Wildman–Crippen MR) is 119 cm³/mol. The molecule has 5 nitrogen and oxygen atoms in total. The second kappa shape index (κ2) is 10.1. The predicted octanol–water partition coefficient (Wildman–Crippen LogP) is 4.60. The van der Waals surface area contributed by atoms with Gasteiger partial charge in [-0.3, -0.25) is 4.79 Å². The molecule has 2 aromatic carbocycles. The van der Waals surface area contributed by atoms with Crippen molar-refractivity contribution in [2.45, 2.75) is 31.7 Å². The molecule has 33 heavy (non-hydrogen) atoms. The van der Waals surface area contributed by atoms with E-state index in [1.807, 2.05) is 0 Å². The van der Waals surface area contributed by atoms with E-state index in [1.165, 1.54) is 18.2 Å². The van der Waals surface area contributed by atoms with Crippen LogP contribution in [0.15, 0.2) is 48.0 Å². The average molecular weight is 457 g/mol. The minimum Gasteiger partial charge on any atom is -0.338 e. The molecule has 2 heterocycles. The Hall–Kier alpha value is -3.29. The number of hydrogen-bond donors (Lipinski definition) is 1. The van der Waals surface area contributed by atoms with Crippen LogP contribution in [-0.4, -0.2) is 54.0 Å². The molecule has 2 aliphatic rings. The van der Waals surface area contributed by atoms with Gasteiger partial charge in [0.1, 0.15) is 17.5 Å². The molecular formula is C25H26F3N3O2. The second-order valence-corrected chi connectivity index (χ2v) is 8.45. The first-order valence-electron chi connectivity index (χ1n) is 11.1. The summed E-state index contributed by atoms with van der Waals surface area (Å²) in [6, 6.07) is 9.09. The van der Waals surface area contributed by atoms with Gasteiger partial charge in [-0.2, -0.15) is 0 Å². The first-order chi connectivity index (χ1) is 15.9.